The first-order valence-corrected chi connectivity index (χ1v) is 7.90. The van der Waals surface area contributed by atoms with Gasteiger partial charge in [-0.2, -0.15) is 0 Å². The first kappa shape index (κ1) is 17.5. The second-order valence-electron chi connectivity index (χ2n) is 7.13. The summed E-state index contributed by atoms with van der Waals surface area (Å²) in [5, 5.41) is 6.19. The summed E-state index contributed by atoms with van der Waals surface area (Å²) in [4.78, 5) is 30.9. The summed E-state index contributed by atoms with van der Waals surface area (Å²) >= 11 is 0. The van der Waals surface area contributed by atoms with Gasteiger partial charge in [0, 0.05) is 23.8 Å². The molecular weight excluding hydrogens is 296 g/mol. The largest absolute Gasteiger partial charge is 0.444 e. The number of carbonyl (C=O) groups is 1. The summed E-state index contributed by atoms with van der Waals surface area (Å²) in [6.07, 6.45) is 0.408. The van der Waals surface area contributed by atoms with E-state index in [4.69, 9.17) is 4.74 Å². The van der Waals surface area contributed by atoms with Gasteiger partial charge in [-0.1, -0.05) is 0 Å². The molecule has 128 valence electrons. The number of ether oxygens (including phenoxy) is 1. The lowest BCUT2D eigenvalue weighted by Crippen LogP contribution is -2.38. The molecule has 1 saturated carbocycles. The average molecular weight is 322 g/mol. The minimum absolute atomic E-state index is 0.0325. The predicted molar refractivity (Wildman–Crippen MR) is 87.4 cm³/mol. The Hall–Kier alpha value is -1.89. The number of alkyl carbamates (subject to hydrolysis) is 1. The van der Waals surface area contributed by atoms with Crippen LogP contribution < -0.4 is 16.2 Å². The molecule has 7 heteroatoms. The van der Waals surface area contributed by atoms with Gasteiger partial charge in [0.2, 0.25) is 0 Å². The van der Waals surface area contributed by atoms with E-state index in [0.29, 0.717) is 11.4 Å². The Morgan fingerprint density at radius 2 is 2.00 bits per heavy atom. The summed E-state index contributed by atoms with van der Waals surface area (Å²) in [5.74, 6) is 0.611. The van der Waals surface area contributed by atoms with Gasteiger partial charge in [-0.05, 0) is 48.0 Å². The van der Waals surface area contributed by atoms with E-state index < -0.39 is 11.7 Å². The van der Waals surface area contributed by atoms with E-state index >= 15 is 0 Å². The molecule has 2 rings (SSSR count). The van der Waals surface area contributed by atoms with Crippen molar-refractivity contribution in [2.75, 3.05) is 0 Å². The Kier molecular flexibility index (Phi) is 4.79. The molecule has 1 aliphatic rings. The van der Waals surface area contributed by atoms with Crippen LogP contribution in [0.2, 0.25) is 0 Å². The van der Waals surface area contributed by atoms with Gasteiger partial charge in [-0.15, -0.1) is 0 Å². The smallest absolute Gasteiger partial charge is 0.407 e. The highest BCUT2D eigenvalue weighted by atomic mass is 16.6. The van der Waals surface area contributed by atoms with Crippen LogP contribution in [0.15, 0.2) is 4.79 Å². The number of hydrogen-bond acceptors (Lipinski definition) is 5. The van der Waals surface area contributed by atoms with Gasteiger partial charge in [0.05, 0.1) is 5.56 Å². The maximum Gasteiger partial charge on any atom is 0.407 e. The van der Waals surface area contributed by atoms with Gasteiger partial charge in [0.15, 0.2) is 0 Å². The lowest BCUT2D eigenvalue weighted by atomic mass is 10.1. The normalized spacial score (nSPS) is 21.7. The van der Waals surface area contributed by atoms with Crippen LogP contribution in [0.4, 0.5) is 4.79 Å². The van der Waals surface area contributed by atoms with Crippen molar-refractivity contribution >= 4 is 6.09 Å². The van der Waals surface area contributed by atoms with Gasteiger partial charge >= 0.3 is 6.09 Å². The minimum atomic E-state index is -0.507. The fraction of sp³-hybridized carbons (Fsp3) is 0.688. The van der Waals surface area contributed by atoms with E-state index in [2.05, 4.69) is 20.6 Å². The van der Waals surface area contributed by atoms with Crippen molar-refractivity contribution in [3.05, 3.63) is 27.4 Å². The molecule has 1 aromatic rings. The van der Waals surface area contributed by atoms with Crippen molar-refractivity contribution < 1.29 is 9.53 Å². The molecule has 0 radical (unpaired) electrons. The molecular formula is C16H26N4O3. The number of nitrogens with one attached hydrogen (secondary N) is 3. The first-order chi connectivity index (χ1) is 10.6. The van der Waals surface area contributed by atoms with Gasteiger partial charge < -0.3 is 20.4 Å². The molecule has 3 atom stereocenters. The van der Waals surface area contributed by atoms with Crippen LogP contribution in [-0.2, 0) is 4.74 Å². The number of amides is 1. The summed E-state index contributed by atoms with van der Waals surface area (Å²) in [5.41, 5.74) is 0.738. The third-order valence-electron chi connectivity index (χ3n) is 3.65. The van der Waals surface area contributed by atoms with Crippen molar-refractivity contribution in [1.29, 1.82) is 0 Å². The van der Waals surface area contributed by atoms with E-state index in [1.54, 1.807) is 6.92 Å². The average Bonchev–Trinajstić information content (AvgIpc) is 3.02. The molecule has 3 N–H and O–H groups in total. The highest BCUT2D eigenvalue weighted by Gasteiger charge is 2.40. The molecule has 0 bridgehead atoms. The van der Waals surface area contributed by atoms with Crippen LogP contribution in [0.25, 0.3) is 0 Å². The second kappa shape index (κ2) is 6.31. The standard InChI is InChI=1S/C16H26N4O3/c1-8-13(14(21)19-10(3)17-8)9(2)18-11-7-12(11)20-15(22)23-16(4,5)6/h9,11-12,18H,7H2,1-6H3,(H,20,22)(H,17,19,21). The molecule has 1 heterocycles. The van der Waals surface area contributed by atoms with Crippen molar-refractivity contribution in [2.45, 2.75) is 71.7 Å². The Bertz CT molecular complexity index is 648. The number of aromatic amines is 1. The molecule has 3 unspecified atom stereocenters. The van der Waals surface area contributed by atoms with E-state index in [1.807, 2.05) is 34.6 Å². The van der Waals surface area contributed by atoms with Crippen molar-refractivity contribution in [3.63, 3.8) is 0 Å². The van der Waals surface area contributed by atoms with Gasteiger partial charge in [-0.3, -0.25) is 4.79 Å². The van der Waals surface area contributed by atoms with E-state index in [-0.39, 0.29) is 23.7 Å². The topological polar surface area (TPSA) is 96.1 Å². The molecule has 7 nitrogen and oxygen atoms in total. The van der Waals surface area contributed by atoms with Crippen LogP contribution in [-0.4, -0.2) is 33.7 Å². The summed E-state index contributed by atoms with van der Waals surface area (Å²) in [6, 6.07) is 0.0324. The molecule has 0 saturated heterocycles. The highest BCUT2D eigenvalue weighted by molar-refractivity contribution is 5.68. The van der Waals surface area contributed by atoms with Gasteiger partial charge in [0.1, 0.15) is 11.4 Å². The lowest BCUT2D eigenvalue weighted by Gasteiger charge is -2.20. The maximum absolute atomic E-state index is 12.1. The summed E-state index contributed by atoms with van der Waals surface area (Å²) < 4.78 is 5.24. The maximum atomic E-state index is 12.1. The zero-order valence-corrected chi connectivity index (χ0v) is 14.6. The number of nitrogens with zero attached hydrogens (tertiary/aromatic N) is 1. The second-order valence-corrected chi connectivity index (χ2v) is 7.13. The molecule has 1 aromatic heterocycles. The fourth-order valence-electron chi connectivity index (χ4n) is 2.65. The summed E-state index contributed by atoms with van der Waals surface area (Å²) in [6.45, 7) is 11.0. The lowest BCUT2D eigenvalue weighted by molar-refractivity contribution is 0.0522. The fourth-order valence-corrected chi connectivity index (χ4v) is 2.65. The van der Waals surface area contributed by atoms with Crippen LogP contribution >= 0.6 is 0 Å². The number of hydrogen-bond donors (Lipinski definition) is 3. The Labute approximate surface area is 136 Å². The molecule has 0 aliphatic heterocycles. The third kappa shape index (κ3) is 4.79. The Morgan fingerprint density at radius 1 is 1.35 bits per heavy atom. The quantitative estimate of drug-likeness (QED) is 0.784. The molecule has 0 aromatic carbocycles. The zero-order chi connectivity index (χ0) is 17.4. The predicted octanol–water partition coefficient (Wildman–Crippen LogP) is 1.70. The molecule has 23 heavy (non-hydrogen) atoms. The molecule has 0 spiro atoms. The highest BCUT2D eigenvalue weighted by Crippen LogP contribution is 2.25. The zero-order valence-electron chi connectivity index (χ0n) is 14.6. The van der Waals surface area contributed by atoms with Crippen molar-refractivity contribution in [2.24, 2.45) is 0 Å². The number of aryl methyl sites for hydroxylation is 2. The number of carbonyl (C=O) groups excluding carboxylic acids is 1. The molecule has 1 aliphatic carbocycles. The van der Waals surface area contributed by atoms with Crippen molar-refractivity contribution in [3.8, 4) is 0 Å². The monoisotopic (exact) mass is 322 g/mol. The number of rotatable bonds is 4. The van der Waals surface area contributed by atoms with Gasteiger partial charge in [-0.25, -0.2) is 9.78 Å². The molecule has 1 fully saturated rings. The van der Waals surface area contributed by atoms with E-state index in [0.717, 1.165) is 12.1 Å². The first-order valence-electron chi connectivity index (χ1n) is 7.90. The van der Waals surface area contributed by atoms with E-state index in [1.165, 1.54) is 0 Å². The number of H-pyrrole nitrogens is 1. The number of aromatic nitrogens is 2. The van der Waals surface area contributed by atoms with Crippen LogP contribution in [0.1, 0.15) is 57.2 Å². The van der Waals surface area contributed by atoms with Crippen molar-refractivity contribution in [1.82, 2.24) is 20.6 Å². The van der Waals surface area contributed by atoms with Crippen LogP contribution in [0, 0.1) is 13.8 Å². The minimum Gasteiger partial charge on any atom is -0.444 e. The van der Waals surface area contributed by atoms with Crippen LogP contribution in [0.3, 0.4) is 0 Å². The van der Waals surface area contributed by atoms with Gasteiger partial charge in [0.25, 0.3) is 5.56 Å². The Balaban J connectivity index is 1.90. The summed E-state index contributed by atoms with van der Waals surface area (Å²) in [7, 11) is 0. The van der Waals surface area contributed by atoms with Crippen LogP contribution in [0.5, 0.6) is 0 Å². The third-order valence-corrected chi connectivity index (χ3v) is 3.65. The van der Waals surface area contributed by atoms with E-state index in [9.17, 15) is 9.59 Å². The SMILES string of the molecule is Cc1nc(C)c(C(C)NC2CC2NC(=O)OC(C)(C)C)c(=O)[nH]1. The molecule has 1 amide bonds. The Morgan fingerprint density at radius 3 is 2.57 bits per heavy atom.